The lowest BCUT2D eigenvalue weighted by molar-refractivity contribution is -0.117. The Morgan fingerprint density at radius 2 is 2.14 bits per heavy atom. The molecule has 0 aromatic heterocycles. The largest absolute Gasteiger partial charge is 0.492 e. The van der Waals surface area contributed by atoms with Crippen LogP contribution in [0.3, 0.4) is 0 Å². The molecule has 4 heteroatoms. The van der Waals surface area contributed by atoms with Crippen molar-refractivity contribution in [3.05, 3.63) is 59.2 Å². The molecule has 1 N–H and O–H groups in total. The standard InChI is InChI=1S/C17H14N2O2/c1-11-6-7-12(9-18)8-15(11)19-17(20)14-10-21-16-5-3-2-4-13(14)16/h2-8,14H,10H2,1H3,(H,19,20). The van der Waals surface area contributed by atoms with Gasteiger partial charge in [0.1, 0.15) is 18.3 Å². The number of rotatable bonds is 2. The number of hydrogen-bond acceptors (Lipinski definition) is 3. The van der Waals surface area contributed by atoms with Crippen LogP contribution in [0.4, 0.5) is 5.69 Å². The summed E-state index contributed by atoms with van der Waals surface area (Å²) in [5.74, 6) is 0.338. The quantitative estimate of drug-likeness (QED) is 0.918. The van der Waals surface area contributed by atoms with Crippen LogP contribution < -0.4 is 10.1 Å². The monoisotopic (exact) mass is 278 g/mol. The summed E-state index contributed by atoms with van der Waals surface area (Å²) in [5.41, 5.74) is 3.03. The highest BCUT2D eigenvalue weighted by Gasteiger charge is 2.30. The molecule has 3 rings (SSSR count). The van der Waals surface area contributed by atoms with Crippen LogP contribution >= 0.6 is 0 Å². The van der Waals surface area contributed by atoms with E-state index < -0.39 is 0 Å². The number of nitriles is 1. The molecular weight excluding hydrogens is 264 g/mol. The number of aryl methyl sites for hydroxylation is 1. The van der Waals surface area contributed by atoms with Crippen LogP contribution in [0, 0.1) is 18.3 Å². The molecule has 1 aliphatic rings. The number of amides is 1. The molecule has 0 aliphatic carbocycles. The summed E-state index contributed by atoms with van der Waals surface area (Å²) in [4.78, 5) is 12.5. The number of benzene rings is 2. The lowest BCUT2D eigenvalue weighted by Crippen LogP contribution is -2.22. The number of carbonyl (C=O) groups is 1. The smallest absolute Gasteiger partial charge is 0.235 e. The highest BCUT2D eigenvalue weighted by atomic mass is 16.5. The van der Waals surface area contributed by atoms with Gasteiger partial charge in [0.2, 0.25) is 5.91 Å². The zero-order valence-corrected chi connectivity index (χ0v) is 11.6. The first kappa shape index (κ1) is 13.2. The average Bonchev–Trinajstić information content (AvgIpc) is 2.93. The van der Waals surface area contributed by atoms with E-state index in [4.69, 9.17) is 10.00 Å². The van der Waals surface area contributed by atoms with E-state index in [0.29, 0.717) is 17.9 Å². The minimum atomic E-state index is -0.314. The van der Waals surface area contributed by atoms with Gasteiger partial charge in [-0.15, -0.1) is 0 Å². The Balaban J connectivity index is 1.84. The fourth-order valence-electron chi connectivity index (χ4n) is 2.43. The molecule has 21 heavy (non-hydrogen) atoms. The van der Waals surface area contributed by atoms with Crippen molar-refractivity contribution in [2.45, 2.75) is 12.8 Å². The molecule has 0 fully saturated rings. The third-order valence-electron chi connectivity index (χ3n) is 3.64. The SMILES string of the molecule is Cc1ccc(C#N)cc1NC(=O)C1COc2ccccc21. The molecule has 0 saturated heterocycles. The summed E-state index contributed by atoms with van der Waals surface area (Å²) < 4.78 is 5.53. The maximum Gasteiger partial charge on any atom is 0.235 e. The summed E-state index contributed by atoms with van der Waals surface area (Å²) in [7, 11) is 0. The van der Waals surface area contributed by atoms with Crippen molar-refractivity contribution in [2.24, 2.45) is 0 Å². The Labute approximate surface area is 123 Å². The molecule has 2 aromatic carbocycles. The molecule has 0 spiro atoms. The van der Waals surface area contributed by atoms with Gasteiger partial charge in [0.05, 0.1) is 11.6 Å². The van der Waals surface area contributed by atoms with E-state index in [0.717, 1.165) is 16.9 Å². The van der Waals surface area contributed by atoms with Gasteiger partial charge in [0.25, 0.3) is 0 Å². The zero-order valence-electron chi connectivity index (χ0n) is 11.6. The van der Waals surface area contributed by atoms with E-state index in [1.54, 1.807) is 12.1 Å². The Bertz CT molecular complexity index is 747. The van der Waals surface area contributed by atoms with Crippen LogP contribution in [0.2, 0.25) is 0 Å². The van der Waals surface area contributed by atoms with Crippen LogP contribution in [0.1, 0.15) is 22.6 Å². The predicted molar refractivity (Wildman–Crippen MR) is 79.2 cm³/mol. The van der Waals surface area contributed by atoms with Crippen LogP contribution in [0.25, 0.3) is 0 Å². The Morgan fingerprint density at radius 3 is 2.95 bits per heavy atom. The van der Waals surface area contributed by atoms with E-state index in [2.05, 4.69) is 11.4 Å². The second-order valence-electron chi connectivity index (χ2n) is 5.03. The number of hydrogen-bond donors (Lipinski definition) is 1. The number of para-hydroxylation sites is 1. The molecule has 1 aliphatic heterocycles. The number of nitrogens with zero attached hydrogens (tertiary/aromatic N) is 1. The number of ether oxygens (including phenoxy) is 1. The fourth-order valence-corrected chi connectivity index (χ4v) is 2.43. The number of carbonyl (C=O) groups excluding carboxylic acids is 1. The lowest BCUT2D eigenvalue weighted by Gasteiger charge is -2.12. The van der Waals surface area contributed by atoms with Crippen LogP contribution in [0.5, 0.6) is 5.75 Å². The summed E-state index contributed by atoms with van der Waals surface area (Å²) in [5, 5.41) is 11.8. The summed E-state index contributed by atoms with van der Waals surface area (Å²) in [6.07, 6.45) is 0. The normalized spacial score (nSPS) is 15.7. The number of nitrogens with one attached hydrogen (secondary N) is 1. The maximum absolute atomic E-state index is 12.5. The van der Waals surface area contributed by atoms with E-state index in [9.17, 15) is 4.79 Å². The molecule has 1 heterocycles. The summed E-state index contributed by atoms with van der Waals surface area (Å²) in [6.45, 7) is 2.25. The van der Waals surface area contributed by atoms with Gasteiger partial charge in [-0.25, -0.2) is 0 Å². The molecule has 0 radical (unpaired) electrons. The van der Waals surface area contributed by atoms with Crippen molar-refractivity contribution in [1.29, 1.82) is 5.26 Å². The summed E-state index contributed by atoms with van der Waals surface area (Å²) >= 11 is 0. The first-order valence-electron chi connectivity index (χ1n) is 6.72. The Kier molecular flexibility index (Phi) is 3.33. The second-order valence-corrected chi connectivity index (χ2v) is 5.03. The molecule has 1 amide bonds. The maximum atomic E-state index is 12.5. The minimum absolute atomic E-state index is 0.113. The second kappa shape index (κ2) is 5.29. The van der Waals surface area contributed by atoms with Gasteiger partial charge >= 0.3 is 0 Å². The first-order chi connectivity index (χ1) is 10.2. The zero-order chi connectivity index (χ0) is 14.8. The molecule has 2 aromatic rings. The van der Waals surface area contributed by atoms with E-state index >= 15 is 0 Å². The highest BCUT2D eigenvalue weighted by Crippen LogP contribution is 2.34. The van der Waals surface area contributed by atoms with Gasteiger partial charge in [0, 0.05) is 11.3 Å². The molecular formula is C17H14N2O2. The third kappa shape index (κ3) is 2.46. The molecule has 1 unspecified atom stereocenters. The molecule has 1 atom stereocenters. The van der Waals surface area contributed by atoms with Gasteiger partial charge in [-0.05, 0) is 30.7 Å². The van der Waals surface area contributed by atoms with Gasteiger partial charge in [0.15, 0.2) is 0 Å². The number of anilines is 1. The van der Waals surface area contributed by atoms with E-state index in [1.807, 2.05) is 37.3 Å². The van der Waals surface area contributed by atoms with Crippen molar-refractivity contribution >= 4 is 11.6 Å². The summed E-state index contributed by atoms with van der Waals surface area (Å²) in [6, 6.07) is 14.9. The fraction of sp³-hybridized carbons (Fsp3) is 0.176. The predicted octanol–water partition coefficient (Wildman–Crippen LogP) is 2.98. The van der Waals surface area contributed by atoms with Crippen molar-refractivity contribution in [3.8, 4) is 11.8 Å². The van der Waals surface area contributed by atoms with Crippen molar-refractivity contribution in [3.63, 3.8) is 0 Å². The molecule has 0 saturated carbocycles. The van der Waals surface area contributed by atoms with E-state index in [1.165, 1.54) is 0 Å². The lowest BCUT2D eigenvalue weighted by atomic mass is 10.00. The van der Waals surface area contributed by atoms with Crippen molar-refractivity contribution in [1.82, 2.24) is 0 Å². The van der Waals surface area contributed by atoms with Gasteiger partial charge in [-0.2, -0.15) is 5.26 Å². The van der Waals surface area contributed by atoms with E-state index in [-0.39, 0.29) is 11.8 Å². The topological polar surface area (TPSA) is 62.1 Å². The molecule has 104 valence electrons. The van der Waals surface area contributed by atoms with Crippen LogP contribution in [-0.2, 0) is 4.79 Å². The highest BCUT2D eigenvalue weighted by molar-refractivity contribution is 5.97. The van der Waals surface area contributed by atoms with Crippen LogP contribution in [0.15, 0.2) is 42.5 Å². The van der Waals surface area contributed by atoms with Crippen LogP contribution in [-0.4, -0.2) is 12.5 Å². The van der Waals surface area contributed by atoms with Crippen molar-refractivity contribution in [2.75, 3.05) is 11.9 Å². The molecule has 0 bridgehead atoms. The Hall–Kier alpha value is -2.80. The van der Waals surface area contributed by atoms with Crippen molar-refractivity contribution < 1.29 is 9.53 Å². The first-order valence-corrected chi connectivity index (χ1v) is 6.72. The van der Waals surface area contributed by atoms with Gasteiger partial charge in [-0.1, -0.05) is 24.3 Å². The Morgan fingerprint density at radius 1 is 1.33 bits per heavy atom. The van der Waals surface area contributed by atoms with Gasteiger partial charge in [-0.3, -0.25) is 4.79 Å². The number of fused-ring (bicyclic) bond motifs is 1. The average molecular weight is 278 g/mol. The van der Waals surface area contributed by atoms with Gasteiger partial charge < -0.3 is 10.1 Å². The molecule has 4 nitrogen and oxygen atoms in total. The third-order valence-corrected chi connectivity index (χ3v) is 3.64. The minimum Gasteiger partial charge on any atom is -0.492 e.